The van der Waals surface area contributed by atoms with E-state index in [0.29, 0.717) is 0 Å². The van der Waals surface area contributed by atoms with Crippen LogP contribution in [-0.2, 0) is 0 Å². The van der Waals surface area contributed by atoms with Crippen molar-refractivity contribution in [3.63, 3.8) is 0 Å². The van der Waals surface area contributed by atoms with Gasteiger partial charge in [0.25, 0.3) is 5.27 Å². The molecule has 0 spiro atoms. The minimum atomic E-state index is 1.02. The fraction of sp³-hybridized carbons (Fsp3) is 1.00. The smallest absolute Gasteiger partial charge is 0.280 e. The van der Waals surface area contributed by atoms with Gasteiger partial charge in [0.2, 0.25) is 0 Å². The molecule has 0 N–H and O–H groups in total. The summed E-state index contributed by atoms with van der Waals surface area (Å²) in [4.78, 5) is 2.57. The quantitative estimate of drug-likeness (QED) is 0.538. The van der Waals surface area contributed by atoms with E-state index in [1.54, 1.807) is 0 Å². The van der Waals surface area contributed by atoms with Gasteiger partial charge in [0, 0.05) is 0 Å². The van der Waals surface area contributed by atoms with E-state index in [-0.39, 0.29) is 0 Å². The lowest BCUT2D eigenvalue weighted by Gasteiger charge is -2.15. The van der Waals surface area contributed by atoms with Crippen LogP contribution in [0.25, 0.3) is 0 Å². The average Bonchev–Trinajstić information content (AvgIpc) is 2.28. The molecule has 0 amide bonds. The fourth-order valence-electron chi connectivity index (χ4n) is 1.75. The number of rotatable bonds is 2. The molecule has 0 saturated carbocycles. The zero-order valence-electron chi connectivity index (χ0n) is 7.35. The molecule has 0 bridgehead atoms. The second-order valence-electron chi connectivity index (χ2n) is 3.44. The summed E-state index contributed by atoms with van der Waals surface area (Å²) >= 11 is 2.47. The monoisotopic (exact) mass is 263 g/mol. The summed E-state index contributed by atoms with van der Waals surface area (Å²) in [5.41, 5.74) is 0. The Balaban J connectivity index is 2.27. The molecular formula is C7H16B2IN. The van der Waals surface area contributed by atoms with E-state index >= 15 is 0 Å². The molecular weight excluding hydrogens is 247 g/mol. The summed E-state index contributed by atoms with van der Waals surface area (Å²) in [5, 5.41) is 1.22. The average molecular weight is 263 g/mol. The van der Waals surface area contributed by atoms with Crippen LogP contribution >= 0.6 is 22.4 Å². The third-order valence-corrected chi connectivity index (χ3v) is 3.65. The highest BCUT2D eigenvalue weighted by molar-refractivity contribution is 14.1. The Hall–Kier alpha value is 0.820. The van der Waals surface area contributed by atoms with Crippen molar-refractivity contribution in [3.8, 4) is 0 Å². The van der Waals surface area contributed by atoms with Crippen molar-refractivity contribution in [1.29, 1.82) is 0 Å². The topological polar surface area (TPSA) is 3.24 Å². The van der Waals surface area contributed by atoms with Gasteiger partial charge in [-0.25, -0.2) is 0 Å². The highest BCUT2D eigenvalue weighted by atomic mass is 127. The third kappa shape index (κ3) is 3.36. The maximum Gasteiger partial charge on any atom is 0.280 e. The summed E-state index contributed by atoms with van der Waals surface area (Å²) < 4.78 is 0. The Morgan fingerprint density at radius 1 is 1.36 bits per heavy atom. The Kier molecular flexibility index (Phi) is 4.92. The zero-order chi connectivity index (χ0) is 8.10. The van der Waals surface area contributed by atoms with Crippen LogP contribution in [0, 0.1) is 0 Å². The van der Waals surface area contributed by atoms with E-state index in [0.717, 1.165) is 5.82 Å². The molecule has 1 saturated heterocycles. The van der Waals surface area contributed by atoms with E-state index in [1.165, 1.54) is 44.9 Å². The molecule has 0 radical (unpaired) electrons. The molecule has 1 unspecified atom stereocenters. The maximum atomic E-state index is 2.57. The molecule has 1 aliphatic heterocycles. The van der Waals surface area contributed by atoms with Gasteiger partial charge in [-0.3, -0.25) is 0 Å². The number of hydrogen-bond donors (Lipinski definition) is 0. The first kappa shape index (κ1) is 9.90. The Labute approximate surface area is 84.7 Å². The van der Waals surface area contributed by atoms with Gasteiger partial charge in [-0.1, -0.05) is 19.1 Å². The second-order valence-corrected chi connectivity index (χ2v) is 4.12. The Bertz CT molecular complexity index is 101. The molecule has 1 fully saturated rings. The zero-order valence-corrected chi connectivity index (χ0v) is 9.51. The lowest BCUT2D eigenvalue weighted by atomic mass is 9.64. The van der Waals surface area contributed by atoms with Gasteiger partial charge < -0.3 is 4.81 Å². The van der Waals surface area contributed by atoms with Crippen LogP contribution in [0.2, 0.25) is 12.6 Å². The summed E-state index contributed by atoms with van der Waals surface area (Å²) in [6.45, 7) is 4.99. The van der Waals surface area contributed by atoms with Crippen LogP contribution in [0.4, 0.5) is 0 Å². The van der Waals surface area contributed by atoms with Gasteiger partial charge in [0.15, 0.2) is 0 Å². The SMILES string of the molecule is CBC1CCCN(BI)CC1. The van der Waals surface area contributed by atoms with Gasteiger partial charge in [-0.05, 0) is 25.9 Å². The van der Waals surface area contributed by atoms with Gasteiger partial charge in [0.1, 0.15) is 7.28 Å². The van der Waals surface area contributed by atoms with Gasteiger partial charge in [0.05, 0.1) is 0 Å². The van der Waals surface area contributed by atoms with Crippen LogP contribution in [-0.4, -0.2) is 30.5 Å². The predicted octanol–water partition coefficient (Wildman–Crippen LogP) is 1.45. The lowest BCUT2D eigenvalue weighted by molar-refractivity contribution is 0.470. The standard InChI is InChI=1S/C7H16B2IN/c1-8-7-3-2-5-11(9-10)6-4-7/h7-9H,2-6H2,1H3. The van der Waals surface area contributed by atoms with E-state index < -0.39 is 0 Å². The normalized spacial score (nSPS) is 27.6. The van der Waals surface area contributed by atoms with Crippen molar-refractivity contribution in [2.24, 2.45) is 0 Å². The maximum absolute atomic E-state index is 2.57. The van der Waals surface area contributed by atoms with Crippen LogP contribution in [0.3, 0.4) is 0 Å². The van der Waals surface area contributed by atoms with Crippen molar-refractivity contribution >= 4 is 34.9 Å². The Morgan fingerprint density at radius 2 is 2.18 bits per heavy atom. The molecule has 1 atom stereocenters. The number of halogens is 1. The second kappa shape index (κ2) is 5.46. The first-order valence-electron chi connectivity index (χ1n) is 4.65. The summed E-state index contributed by atoms with van der Waals surface area (Å²) in [7, 11) is 1.38. The van der Waals surface area contributed by atoms with Crippen molar-refractivity contribution in [2.45, 2.75) is 31.9 Å². The van der Waals surface area contributed by atoms with Crippen LogP contribution in [0.1, 0.15) is 19.3 Å². The molecule has 0 aliphatic carbocycles. The lowest BCUT2D eigenvalue weighted by Crippen LogP contribution is -2.25. The van der Waals surface area contributed by atoms with E-state index in [2.05, 4.69) is 34.0 Å². The van der Waals surface area contributed by atoms with Crippen LogP contribution in [0.5, 0.6) is 0 Å². The minimum Gasteiger partial charge on any atom is -0.336 e. The summed E-state index contributed by atoms with van der Waals surface area (Å²) in [5.74, 6) is 1.02. The van der Waals surface area contributed by atoms with Crippen molar-refractivity contribution in [1.82, 2.24) is 4.81 Å². The molecule has 4 heteroatoms. The largest absolute Gasteiger partial charge is 0.336 e. The van der Waals surface area contributed by atoms with Gasteiger partial charge >= 0.3 is 0 Å². The minimum absolute atomic E-state index is 1.02. The first-order chi connectivity index (χ1) is 5.36. The van der Waals surface area contributed by atoms with Crippen LogP contribution in [0.15, 0.2) is 0 Å². The van der Waals surface area contributed by atoms with Crippen molar-refractivity contribution < 1.29 is 0 Å². The molecule has 62 valence electrons. The predicted molar refractivity (Wildman–Crippen MR) is 63.4 cm³/mol. The molecule has 0 aromatic heterocycles. The molecule has 0 aromatic rings. The van der Waals surface area contributed by atoms with Crippen molar-refractivity contribution in [2.75, 3.05) is 13.1 Å². The number of nitrogens with zero attached hydrogens (tertiary/aromatic N) is 1. The van der Waals surface area contributed by atoms with E-state index in [4.69, 9.17) is 0 Å². The molecule has 1 heterocycles. The fourth-order valence-corrected chi connectivity index (χ4v) is 2.43. The molecule has 1 rings (SSSR count). The molecule has 1 aliphatic rings. The van der Waals surface area contributed by atoms with E-state index in [9.17, 15) is 0 Å². The Morgan fingerprint density at radius 3 is 2.82 bits per heavy atom. The van der Waals surface area contributed by atoms with E-state index in [1.807, 2.05) is 0 Å². The molecule has 11 heavy (non-hydrogen) atoms. The molecule has 0 aromatic carbocycles. The summed E-state index contributed by atoms with van der Waals surface area (Å²) in [6.07, 6.45) is 4.31. The molecule has 1 nitrogen and oxygen atoms in total. The summed E-state index contributed by atoms with van der Waals surface area (Å²) in [6, 6.07) is 0. The van der Waals surface area contributed by atoms with Crippen molar-refractivity contribution in [3.05, 3.63) is 0 Å². The van der Waals surface area contributed by atoms with Crippen LogP contribution < -0.4 is 0 Å². The third-order valence-electron chi connectivity index (χ3n) is 2.69. The highest BCUT2D eigenvalue weighted by Crippen LogP contribution is 2.21. The van der Waals surface area contributed by atoms with Gasteiger partial charge in [-0.15, -0.1) is 22.4 Å². The highest BCUT2D eigenvalue weighted by Gasteiger charge is 2.14. The number of hydrogen-bond acceptors (Lipinski definition) is 1. The van der Waals surface area contributed by atoms with Gasteiger partial charge in [-0.2, -0.15) is 0 Å². The first-order valence-corrected chi connectivity index (χ1v) is 6.17.